The molecule has 0 unspecified atom stereocenters. The number of carbonyl (C=O) groups is 2. The number of hydrogen-bond acceptors (Lipinski definition) is 6. The standard InChI is InChI=1S/C34H40F2N2O4S.Li/c1-22-5-3-4-6-29(22)31-17-24(9-12-30(31)33(40)37-32(34(41)42)13-14-43-2)20-38(19-23-7-10-28(39)11-8-23)21-25-15-26(35)18-27(36)16-25;/h3-6,9,12,15-18,23,28,32,39H,7-8,10-11,13-14,19-21H2,1-2H3,(H,37,40)(H,41,42);/q;+1/p-1/t23?,28?,32-;/m0./s1. The molecule has 2 N–H and O–H groups in total. The summed E-state index contributed by atoms with van der Waals surface area (Å²) >= 11 is 1.49. The van der Waals surface area contributed by atoms with Crippen molar-refractivity contribution >= 4 is 23.6 Å². The van der Waals surface area contributed by atoms with E-state index in [1.807, 2.05) is 49.6 Å². The van der Waals surface area contributed by atoms with Crippen molar-refractivity contribution in [3.8, 4) is 11.1 Å². The Morgan fingerprint density at radius 3 is 2.27 bits per heavy atom. The molecule has 0 bridgehead atoms. The van der Waals surface area contributed by atoms with Crippen LogP contribution in [0.2, 0.25) is 0 Å². The number of aliphatic hydroxyl groups excluding tert-OH is 1. The van der Waals surface area contributed by atoms with Gasteiger partial charge >= 0.3 is 18.9 Å². The smallest absolute Gasteiger partial charge is 0.548 e. The molecule has 230 valence electrons. The number of aliphatic carboxylic acids is 1. The number of carboxylic acid groups (broad SMARTS) is 1. The van der Waals surface area contributed by atoms with E-state index in [1.54, 1.807) is 6.07 Å². The topological polar surface area (TPSA) is 92.7 Å². The summed E-state index contributed by atoms with van der Waals surface area (Å²) in [6.07, 6.45) is 5.05. The van der Waals surface area contributed by atoms with E-state index in [9.17, 15) is 28.6 Å². The molecular formula is C34H39F2LiN2O4S. The van der Waals surface area contributed by atoms with Crippen molar-refractivity contribution in [3.05, 3.63) is 94.6 Å². The van der Waals surface area contributed by atoms with Crippen LogP contribution in [0.15, 0.2) is 60.7 Å². The van der Waals surface area contributed by atoms with Crippen molar-refractivity contribution in [1.82, 2.24) is 10.2 Å². The van der Waals surface area contributed by atoms with E-state index in [0.717, 1.165) is 48.4 Å². The van der Waals surface area contributed by atoms with Crippen LogP contribution in [-0.2, 0) is 17.9 Å². The first kappa shape index (κ1) is 35.8. The number of halogens is 2. The van der Waals surface area contributed by atoms with Crippen LogP contribution in [0.25, 0.3) is 11.1 Å². The molecule has 0 spiro atoms. The van der Waals surface area contributed by atoms with Gasteiger partial charge in [-0.1, -0.05) is 30.3 Å². The first-order valence-corrected chi connectivity index (χ1v) is 16.1. The van der Waals surface area contributed by atoms with Crippen LogP contribution in [0.5, 0.6) is 0 Å². The zero-order valence-electron chi connectivity index (χ0n) is 25.7. The number of aryl methyl sites for hydroxylation is 1. The van der Waals surface area contributed by atoms with Gasteiger partial charge in [0.2, 0.25) is 0 Å². The summed E-state index contributed by atoms with van der Waals surface area (Å²) in [5.41, 5.74) is 4.27. The van der Waals surface area contributed by atoms with Crippen LogP contribution in [0, 0.1) is 24.5 Å². The van der Waals surface area contributed by atoms with Gasteiger partial charge in [0.15, 0.2) is 0 Å². The maximum Gasteiger partial charge on any atom is 1.00 e. The predicted molar refractivity (Wildman–Crippen MR) is 164 cm³/mol. The Kier molecular flexibility index (Phi) is 13.9. The Bertz CT molecular complexity index is 1400. The number of rotatable bonds is 13. The van der Waals surface area contributed by atoms with E-state index in [-0.39, 0.29) is 31.4 Å². The van der Waals surface area contributed by atoms with E-state index in [0.29, 0.717) is 48.0 Å². The third-order valence-corrected chi connectivity index (χ3v) is 8.68. The number of thioether (sulfide) groups is 1. The van der Waals surface area contributed by atoms with Gasteiger partial charge in [0.05, 0.1) is 18.1 Å². The molecule has 1 aliphatic carbocycles. The van der Waals surface area contributed by atoms with Gasteiger partial charge in [-0.25, -0.2) is 8.78 Å². The molecule has 4 rings (SSSR count). The molecule has 1 atom stereocenters. The fourth-order valence-electron chi connectivity index (χ4n) is 5.80. The Hall–Kier alpha value is -2.67. The van der Waals surface area contributed by atoms with Crippen molar-refractivity contribution in [2.45, 2.75) is 64.3 Å². The van der Waals surface area contributed by atoms with E-state index in [4.69, 9.17) is 0 Å². The summed E-state index contributed by atoms with van der Waals surface area (Å²) in [5, 5.41) is 24.4. The van der Waals surface area contributed by atoms with Crippen LogP contribution in [0.1, 0.15) is 59.2 Å². The van der Waals surface area contributed by atoms with Crippen LogP contribution in [0.3, 0.4) is 0 Å². The summed E-state index contributed by atoms with van der Waals surface area (Å²) in [5.74, 6) is -2.16. The number of amides is 1. The van der Waals surface area contributed by atoms with Gasteiger partial charge in [-0.15, -0.1) is 0 Å². The Morgan fingerprint density at radius 2 is 1.64 bits per heavy atom. The van der Waals surface area contributed by atoms with Crippen molar-refractivity contribution in [2.24, 2.45) is 5.92 Å². The van der Waals surface area contributed by atoms with Gasteiger partial charge < -0.3 is 20.3 Å². The van der Waals surface area contributed by atoms with Gasteiger partial charge in [0.1, 0.15) is 11.6 Å². The molecule has 3 aromatic carbocycles. The van der Waals surface area contributed by atoms with Gasteiger partial charge in [0.25, 0.3) is 5.91 Å². The van der Waals surface area contributed by atoms with Gasteiger partial charge in [-0.3, -0.25) is 9.69 Å². The van der Waals surface area contributed by atoms with E-state index in [2.05, 4.69) is 10.2 Å². The number of benzene rings is 3. The second kappa shape index (κ2) is 17.1. The van der Waals surface area contributed by atoms with Crippen LogP contribution in [0.4, 0.5) is 8.78 Å². The molecule has 44 heavy (non-hydrogen) atoms. The van der Waals surface area contributed by atoms with Crippen molar-refractivity contribution in [2.75, 3.05) is 18.6 Å². The number of aliphatic hydroxyl groups is 1. The van der Waals surface area contributed by atoms with Gasteiger partial charge in [-0.2, -0.15) is 11.8 Å². The average Bonchev–Trinajstić information content (AvgIpc) is 2.96. The molecule has 0 aliphatic heterocycles. The summed E-state index contributed by atoms with van der Waals surface area (Å²) in [4.78, 5) is 27.3. The molecule has 1 amide bonds. The maximum absolute atomic E-state index is 14.0. The van der Waals surface area contributed by atoms with Crippen LogP contribution < -0.4 is 29.3 Å². The molecular weight excluding hydrogens is 577 g/mol. The fraction of sp³-hybridized carbons (Fsp3) is 0.412. The van der Waals surface area contributed by atoms with E-state index >= 15 is 0 Å². The summed E-state index contributed by atoms with van der Waals surface area (Å²) < 4.78 is 28.1. The van der Waals surface area contributed by atoms with Gasteiger partial charge in [-0.05, 0) is 109 Å². The predicted octanol–water partition coefficient (Wildman–Crippen LogP) is 2.10. The molecule has 0 saturated heterocycles. The normalized spacial score (nSPS) is 17.1. The number of carbonyl (C=O) groups excluding carboxylic acids is 2. The minimum absolute atomic E-state index is 0. The summed E-state index contributed by atoms with van der Waals surface area (Å²) in [6.45, 7) is 3.44. The summed E-state index contributed by atoms with van der Waals surface area (Å²) in [7, 11) is 0. The number of nitrogens with one attached hydrogen (secondary N) is 1. The second-order valence-electron chi connectivity index (χ2n) is 11.4. The molecule has 1 aliphatic rings. The molecule has 10 heteroatoms. The minimum atomic E-state index is -1.32. The second-order valence-corrected chi connectivity index (χ2v) is 12.4. The Labute approximate surface area is 274 Å². The average molecular weight is 617 g/mol. The number of hydrogen-bond donors (Lipinski definition) is 2. The molecule has 0 aromatic heterocycles. The quantitative estimate of drug-likeness (QED) is 0.286. The van der Waals surface area contributed by atoms with Crippen molar-refractivity contribution < 1.29 is 47.4 Å². The van der Waals surface area contributed by atoms with Crippen LogP contribution >= 0.6 is 11.8 Å². The Morgan fingerprint density at radius 1 is 0.977 bits per heavy atom. The number of carboxylic acids is 1. The third kappa shape index (κ3) is 10.2. The minimum Gasteiger partial charge on any atom is -0.548 e. The fourth-order valence-corrected chi connectivity index (χ4v) is 6.27. The van der Waals surface area contributed by atoms with E-state index < -0.39 is 29.6 Å². The van der Waals surface area contributed by atoms with Crippen molar-refractivity contribution in [1.29, 1.82) is 0 Å². The molecule has 0 radical (unpaired) electrons. The zero-order chi connectivity index (χ0) is 30.9. The van der Waals surface area contributed by atoms with Crippen LogP contribution in [-0.4, -0.2) is 52.6 Å². The molecule has 6 nitrogen and oxygen atoms in total. The number of nitrogens with zero attached hydrogens (tertiary/aromatic N) is 1. The van der Waals surface area contributed by atoms with Gasteiger partial charge in [0, 0.05) is 31.3 Å². The SMILES string of the molecule is CSCC[C@H](NC(=O)c1ccc(CN(Cc2cc(F)cc(F)c2)CC2CCC(O)CC2)cc1-c1ccccc1C)C(=O)[O-].[Li+]. The largest absolute Gasteiger partial charge is 1.00 e. The first-order valence-electron chi connectivity index (χ1n) is 14.7. The first-order chi connectivity index (χ1) is 20.6. The molecule has 1 fully saturated rings. The molecule has 3 aromatic rings. The van der Waals surface area contributed by atoms with Crippen molar-refractivity contribution in [3.63, 3.8) is 0 Å². The summed E-state index contributed by atoms with van der Waals surface area (Å²) in [6, 6.07) is 15.6. The Balaban J connectivity index is 0.00000529. The zero-order valence-corrected chi connectivity index (χ0v) is 26.5. The monoisotopic (exact) mass is 616 g/mol. The maximum atomic E-state index is 14.0. The molecule has 1 saturated carbocycles. The third-order valence-electron chi connectivity index (χ3n) is 8.03. The van der Waals surface area contributed by atoms with E-state index in [1.165, 1.54) is 23.9 Å². The molecule has 0 heterocycles.